The number of esters is 2. The van der Waals surface area contributed by atoms with Crippen molar-refractivity contribution in [3.63, 3.8) is 0 Å². The second kappa shape index (κ2) is 17.2. The minimum atomic E-state index is -3.76. The first-order valence-electron chi connectivity index (χ1n) is 10.4. The Balaban J connectivity index is 4.33. The molecule has 0 N–H and O–H groups in total. The zero-order valence-corrected chi connectivity index (χ0v) is 19.5. The molecule has 0 radical (unpaired) electrons. The van der Waals surface area contributed by atoms with Crippen LogP contribution in [0.5, 0.6) is 0 Å². The van der Waals surface area contributed by atoms with Gasteiger partial charge in [-0.1, -0.05) is 45.8 Å². The molecule has 9 heteroatoms. The minimum Gasteiger partial charge on any atom is -0.462 e. The highest BCUT2D eigenvalue weighted by molar-refractivity contribution is 7.48. The molecule has 0 aliphatic heterocycles. The quantitative estimate of drug-likeness (QED) is 0.116. The molecule has 0 aromatic heterocycles. The van der Waals surface area contributed by atoms with Crippen molar-refractivity contribution >= 4 is 19.8 Å². The summed E-state index contributed by atoms with van der Waals surface area (Å²) in [5, 5.41) is 0. The van der Waals surface area contributed by atoms with Gasteiger partial charge in [-0.15, -0.1) is 0 Å². The van der Waals surface area contributed by atoms with Crippen LogP contribution in [0.1, 0.15) is 65.7 Å². The number of carbonyl (C=O) groups excluding carboxylic acids is 2. The number of hydrogen-bond donors (Lipinski definition) is 0. The molecule has 0 aliphatic carbocycles. The molecule has 8 nitrogen and oxygen atoms in total. The minimum absolute atomic E-state index is 0.0429. The smallest absolute Gasteiger partial charge is 0.462 e. The molecule has 0 bridgehead atoms. The van der Waals surface area contributed by atoms with E-state index in [-0.39, 0.29) is 33.0 Å². The third-order valence-corrected chi connectivity index (χ3v) is 5.23. The van der Waals surface area contributed by atoms with Gasteiger partial charge in [0.1, 0.15) is 0 Å². The largest absolute Gasteiger partial charge is 0.474 e. The summed E-state index contributed by atoms with van der Waals surface area (Å²) in [5.41, 5.74) is 0.618. The highest BCUT2D eigenvalue weighted by atomic mass is 31.2. The highest BCUT2D eigenvalue weighted by Crippen LogP contribution is 2.49. The van der Waals surface area contributed by atoms with Gasteiger partial charge in [0.15, 0.2) is 0 Å². The van der Waals surface area contributed by atoms with E-state index in [1.54, 1.807) is 13.8 Å². The van der Waals surface area contributed by atoms with Crippen molar-refractivity contribution in [3.05, 3.63) is 24.3 Å². The van der Waals surface area contributed by atoms with Crippen molar-refractivity contribution in [3.8, 4) is 0 Å². The first-order valence-corrected chi connectivity index (χ1v) is 11.9. The molecular formula is C21H37O8P. The van der Waals surface area contributed by atoms with Gasteiger partial charge < -0.3 is 9.47 Å². The van der Waals surface area contributed by atoms with Crippen molar-refractivity contribution in [2.45, 2.75) is 65.7 Å². The lowest BCUT2D eigenvalue weighted by Gasteiger charge is -2.18. The van der Waals surface area contributed by atoms with Crippen molar-refractivity contribution in [2.24, 2.45) is 0 Å². The molecule has 0 aromatic rings. The maximum Gasteiger partial charge on any atom is 0.474 e. The SMILES string of the molecule is C=C(C)C(=O)OCCCOP(=O)(OCCCCCCC)OCCCOC(=O)C(=C)C. The van der Waals surface area contributed by atoms with Gasteiger partial charge in [0.05, 0.1) is 33.0 Å². The average Bonchev–Trinajstić information content (AvgIpc) is 2.69. The van der Waals surface area contributed by atoms with Gasteiger partial charge in [-0.25, -0.2) is 14.2 Å². The van der Waals surface area contributed by atoms with Gasteiger partial charge in [0, 0.05) is 24.0 Å². The number of ether oxygens (including phenoxy) is 2. The number of unbranched alkanes of at least 4 members (excludes halogenated alkanes) is 4. The van der Waals surface area contributed by atoms with E-state index in [2.05, 4.69) is 20.1 Å². The Morgan fingerprint density at radius 1 is 0.667 bits per heavy atom. The average molecular weight is 448 g/mol. The molecule has 0 unspecified atom stereocenters. The Kier molecular flexibility index (Phi) is 16.4. The lowest BCUT2D eigenvalue weighted by Crippen LogP contribution is -2.10. The zero-order valence-electron chi connectivity index (χ0n) is 18.6. The molecule has 0 saturated heterocycles. The van der Waals surface area contributed by atoms with Crippen LogP contribution in [0, 0.1) is 0 Å². The van der Waals surface area contributed by atoms with Crippen molar-refractivity contribution in [2.75, 3.05) is 33.0 Å². The van der Waals surface area contributed by atoms with Crippen molar-refractivity contribution in [1.29, 1.82) is 0 Å². The molecule has 0 amide bonds. The van der Waals surface area contributed by atoms with Crippen LogP contribution in [0.4, 0.5) is 0 Å². The monoisotopic (exact) mass is 448 g/mol. The highest BCUT2D eigenvalue weighted by Gasteiger charge is 2.26. The molecule has 0 aliphatic rings. The van der Waals surface area contributed by atoms with Gasteiger partial charge in [-0.2, -0.15) is 0 Å². The van der Waals surface area contributed by atoms with E-state index in [1.807, 2.05) is 0 Å². The Morgan fingerprint density at radius 2 is 1.07 bits per heavy atom. The molecule has 0 rings (SSSR count). The summed E-state index contributed by atoms with van der Waals surface area (Å²) in [6.07, 6.45) is 5.78. The number of hydrogen-bond acceptors (Lipinski definition) is 8. The van der Waals surface area contributed by atoms with Crippen LogP contribution in [0.25, 0.3) is 0 Å². The Morgan fingerprint density at radius 3 is 1.47 bits per heavy atom. The standard InChI is InChI=1S/C21H37O8P/c1-6-7-8-9-10-15-27-30(24,28-16-11-13-25-20(22)18(2)3)29-17-12-14-26-21(23)19(4)5/h2,4,6-17H2,1,3,5H3. The van der Waals surface area contributed by atoms with E-state index in [4.69, 9.17) is 23.0 Å². The van der Waals surface area contributed by atoms with Crippen molar-refractivity contribution in [1.82, 2.24) is 0 Å². The molecule has 0 spiro atoms. The van der Waals surface area contributed by atoms with Crippen LogP contribution in [0.15, 0.2) is 24.3 Å². The summed E-state index contributed by atoms with van der Waals surface area (Å²) in [7, 11) is -3.76. The summed E-state index contributed by atoms with van der Waals surface area (Å²) in [6, 6.07) is 0. The van der Waals surface area contributed by atoms with E-state index < -0.39 is 19.8 Å². The fraction of sp³-hybridized carbons (Fsp3) is 0.714. The normalized spacial score (nSPS) is 11.2. The van der Waals surface area contributed by atoms with Gasteiger partial charge in [0.2, 0.25) is 0 Å². The van der Waals surface area contributed by atoms with Gasteiger partial charge in [-0.05, 0) is 20.3 Å². The van der Waals surface area contributed by atoms with Gasteiger partial charge >= 0.3 is 19.8 Å². The Hall–Kier alpha value is -1.47. The molecule has 0 aromatic carbocycles. The molecule has 0 atom stereocenters. The van der Waals surface area contributed by atoms with Crippen LogP contribution in [-0.4, -0.2) is 45.0 Å². The van der Waals surface area contributed by atoms with E-state index in [0.29, 0.717) is 24.0 Å². The number of rotatable bonds is 19. The Labute approximate surface area is 180 Å². The second-order valence-corrected chi connectivity index (χ2v) is 8.57. The van der Waals surface area contributed by atoms with E-state index in [0.717, 1.165) is 32.1 Å². The third kappa shape index (κ3) is 15.4. The first-order chi connectivity index (χ1) is 14.2. The fourth-order valence-corrected chi connectivity index (χ4v) is 3.32. The van der Waals surface area contributed by atoms with Gasteiger partial charge in [0.25, 0.3) is 0 Å². The topological polar surface area (TPSA) is 97.4 Å². The lowest BCUT2D eigenvalue weighted by atomic mass is 10.2. The summed E-state index contributed by atoms with van der Waals surface area (Å²) in [5.74, 6) is -0.968. The molecule has 0 fully saturated rings. The number of carbonyl (C=O) groups is 2. The predicted molar refractivity (Wildman–Crippen MR) is 115 cm³/mol. The van der Waals surface area contributed by atoms with Crippen LogP contribution in [-0.2, 0) is 37.2 Å². The molecule has 30 heavy (non-hydrogen) atoms. The zero-order chi connectivity index (χ0) is 22.8. The summed E-state index contributed by atoms with van der Waals surface area (Å²) >= 11 is 0. The second-order valence-electron chi connectivity index (χ2n) is 6.90. The number of phosphoric ester groups is 1. The first kappa shape index (κ1) is 28.5. The number of phosphoric acid groups is 1. The van der Waals surface area contributed by atoms with Crippen LogP contribution in [0.3, 0.4) is 0 Å². The summed E-state index contributed by atoms with van der Waals surface area (Å²) in [6.45, 7) is 12.8. The lowest BCUT2D eigenvalue weighted by molar-refractivity contribution is -0.140. The van der Waals surface area contributed by atoms with Crippen LogP contribution < -0.4 is 0 Å². The Bertz CT molecular complexity index is 548. The molecular weight excluding hydrogens is 411 g/mol. The van der Waals surface area contributed by atoms with Gasteiger partial charge in [-0.3, -0.25) is 13.6 Å². The van der Waals surface area contributed by atoms with E-state index in [9.17, 15) is 14.2 Å². The maximum absolute atomic E-state index is 12.8. The molecule has 0 heterocycles. The summed E-state index contributed by atoms with van der Waals surface area (Å²) < 4.78 is 38.8. The van der Waals surface area contributed by atoms with Crippen LogP contribution >= 0.6 is 7.82 Å². The van der Waals surface area contributed by atoms with Crippen molar-refractivity contribution < 1.29 is 37.2 Å². The van der Waals surface area contributed by atoms with E-state index in [1.165, 1.54) is 0 Å². The molecule has 0 saturated carbocycles. The molecule has 174 valence electrons. The summed E-state index contributed by atoms with van der Waals surface area (Å²) in [4.78, 5) is 22.7. The fourth-order valence-electron chi connectivity index (χ4n) is 2.04. The predicted octanol–water partition coefficient (Wildman–Crippen LogP) is 5.13. The van der Waals surface area contributed by atoms with Crippen LogP contribution in [0.2, 0.25) is 0 Å². The van der Waals surface area contributed by atoms with E-state index >= 15 is 0 Å². The maximum atomic E-state index is 12.8. The third-order valence-electron chi connectivity index (χ3n) is 3.74.